The Hall–Kier alpha value is -3.39. The lowest BCUT2D eigenvalue weighted by molar-refractivity contribution is -0.115. The Morgan fingerprint density at radius 3 is 2.26 bits per heavy atom. The summed E-state index contributed by atoms with van der Waals surface area (Å²) in [5, 5.41) is 6.38. The van der Waals surface area contributed by atoms with Crippen LogP contribution in [0.2, 0.25) is 5.02 Å². The number of aromatic nitrogens is 3. The first-order chi connectivity index (χ1) is 17.1. The van der Waals surface area contributed by atoms with Crippen molar-refractivity contribution < 1.29 is 4.79 Å². The first-order valence-corrected chi connectivity index (χ1v) is 13.1. The Balaban J connectivity index is 1.32. The van der Waals surface area contributed by atoms with Gasteiger partial charge in [0.15, 0.2) is 10.3 Å². The van der Waals surface area contributed by atoms with Crippen LogP contribution in [0.4, 0.5) is 5.13 Å². The van der Waals surface area contributed by atoms with Crippen LogP contribution in [0.25, 0.3) is 33.8 Å². The highest BCUT2D eigenvalue weighted by Gasteiger charge is 2.21. The lowest BCUT2D eigenvalue weighted by Gasteiger charge is -2.08. The zero-order valence-corrected chi connectivity index (χ0v) is 21.1. The number of rotatable bonds is 7. The van der Waals surface area contributed by atoms with Gasteiger partial charge in [-0.15, -0.1) is 11.3 Å². The molecule has 35 heavy (non-hydrogen) atoms. The highest BCUT2D eigenvalue weighted by atomic mass is 35.5. The summed E-state index contributed by atoms with van der Waals surface area (Å²) in [5.41, 5.74) is 5.60. The Morgan fingerprint density at radius 1 is 0.914 bits per heavy atom. The van der Waals surface area contributed by atoms with Crippen molar-refractivity contribution in [2.24, 2.45) is 0 Å². The van der Waals surface area contributed by atoms with Gasteiger partial charge in [-0.3, -0.25) is 4.79 Å². The van der Waals surface area contributed by atoms with Crippen molar-refractivity contribution in [2.75, 3.05) is 5.32 Å². The second-order valence-corrected chi connectivity index (χ2v) is 10.4. The van der Waals surface area contributed by atoms with E-state index in [-0.39, 0.29) is 11.2 Å². The summed E-state index contributed by atoms with van der Waals surface area (Å²) in [6.45, 7) is 1.86. The van der Waals surface area contributed by atoms with Crippen LogP contribution in [0, 0.1) is 0 Å². The molecule has 2 N–H and O–H groups in total. The van der Waals surface area contributed by atoms with Crippen LogP contribution in [-0.2, 0) is 4.79 Å². The van der Waals surface area contributed by atoms with Crippen LogP contribution < -0.4 is 5.32 Å². The fourth-order valence-corrected chi connectivity index (χ4v) is 5.19. The minimum atomic E-state index is -0.378. The molecule has 0 fully saturated rings. The predicted octanol–water partition coefficient (Wildman–Crippen LogP) is 7.64. The van der Waals surface area contributed by atoms with E-state index in [1.165, 1.54) is 23.1 Å². The SMILES string of the molecule is CC(Sc1nc(-c2ccccc2)c(-c2ccccc2)[nH]1)C(=O)Nc1nc(-c2ccc(Cl)cc2)cs1. The quantitative estimate of drug-likeness (QED) is 0.218. The third kappa shape index (κ3) is 5.48. The average molecular weight is 517 g/mol. The number of amides is 1. The normalized spacial score (nSPS) is 11.8. The van der Waals surface area contributed by atoms with E-state index in [9.17, 15) is 4.79 Å². The highest BCUT2D eigenvalue weighted by molar-refractivity contribution is 8.00. The second kappa shape index (κ2) is 10.5. The molecule has 3 aromatic carbocycles. The number of thiazole rings is 1. The minimum Gasteiger partial charge on any atom is -0.332 e. The third-order valence-corrected chi connectivity index (χ3v) is 7.32. The molecule has 2 aromatic heterocycles. The van der Waals surface area contributed by atoms with Crippen molar-refractivity contribution in [1.82, 2.24) is 15.0 Å². The Morgan fingerprint density at radius 2 is 1.57 bits per heavy atom. The molecule has 1 unspecified atom stereocenters. The lowest BCUT2D eigenvalue weighted by Crippen LogP contribution is -2.22. The number of H-pyrrole nitrogens is 1. The molecule has 0 saturated heterocycles. The maximum atomic E-state index is 12.9. The van der Waals surface area contributed by atoms with Crippen LogP contribution in [0.1, 0.15) is 6.92 Å². The molecule has 2 heterocycles. The predicted molar refractivity (Wildman–Crippen MR) is 146 cm³/mol. The molecule has 0 aliphatic carbocycles. The van der Waals surface area contributed by atoms with Gasteiger partial charge >= 0.3 is 0 Å². The van der Waals surface area contributed by atoms with Gasteiger partial charge in [-0.2, -0.15) is 0 Å². The average Bonchev–Trinajstić information content (AvgIpc) is 3.53. The van der Waals surface area contributed by atoms with Crippen molar-refractivity contribution in [3.8, 4) is 33.8 Å². The first-order valence-electron chi connectivity index (χ1n) is 11.0. The minimum absolute atomic E-state index is 0.133. The molecule has 0 radical (unpaired) electrons. The zero-order valence-electron chi connectivity index (χ0n) is 18.7. The number of aromatic amines is 1. The summed E-state index contributed by atoms with van der Waals surface area (Å²) in [6.07, 6.45) is 0. The number of nitrogens with zero attached hydrogens (tertiary/aromatic N) is 2. The van der Waals surface area contributed by atoms with Gasteiger partial charge < -0.3 is 10.3 Å². The number of carbonyl (C=O) groups excluding carboxylic acids is 1. The van der Waals surface area contributed by atoms with E-state index in [0.29, 0.717) is 15.3 Å². The van der Waals surface area contributed by atoms with E-state index in [1.54, 1.807) is 0 Å². The van der Waals surface area contributed by atoms with Gasteiger partial charge in [-0.05, 0) is 19.1 Å². The van der Waals surface area contributed by atoms with Gasteiger partial charge in [0.25, 0.3) is 0 Å². The van der Waals surface area contributed by atoms with Crippen LogP contribution in [0.3, 0.4) is 0 Å². The number of thioether (sulfide) groups is 1. The molecule has 0 spiro atoms. The smallest absolute Gasteiger partial charge is 0.239 e. The molecule has 0 bridgehead atoms. The summed E-state index contributed by atoms with van der Waals surface area (Å²) in [5.74, 6) is -0.133. The molecule has 0 aliphatic heterocycles. The van der Waals surface area contributed by atoms with E-state index >= 15 is 0 Å². The van der Waals surface area contributed by atoms with E-state index < -0.39 is 0 Å². The summed E-state index contributed by atoms with van der Waals surface area (Å²) < 4.78 is 0. The van der Waals surface area contributed by atoms with Crippen molar-refractivity contribution in [3.05, 3.63) is 95.3 Å². The monoisotopic (exact) mass is 516 g/mol. The molecule has 1 atom stereocenters. The number of hydrogen-bond donors (Lipinski definition) is 2. The Bertz CT molecular complexity index is 1380. The largest absolute Gasteiger partial charge is 0.332 e. The van der Waals surface area contributed by atoms with Crippen molar-refractivity contribution >= 4 is 45.7 Å². The number of hydrogen-bond acceptors (Lipinski definition) is 5. The van der Waals surface area contributed by atoms with E-state index in [4.69, 9.17) is 16.6 Å². The standard InChI is InChI=1S/C27H21ClN4OS2/c1-17(25(33)32-26-29-22(16-34-26)18-12-14-21(28)15-13-18)35-27-30-23(19-8-4-2-5-9-19)24(31-27)20-10-6-3-7-11-20/h2-17H,1H3,(H,30,31)(H,29,32,33). The Kier molecular flexibility index (Phi) is 6.99. The molecular formula is C27H21ClN4OS2. The molecular weight excluding hydrogens is 496 g/mol. The van der Waals surface area contributed by atoms with E-state index in [1.807, 2.05) is 97.2 Å². The maximum absolute atomic E-state index is 12.9. The summed E-state index contributed by atoms with van der Waals surface area (Å²) in [6, 6.07) is 27.6. The van der Waals surface area contributed by atoms with Crippen LogP contribution >= 0.6 is 34.7 Å². The summed E-state index contributed by atoms with van der Waals surface area (Å²) >= 11 is 8.75. The topological polar surface area (TPSA) is 70.7 Å². The van der Waals surface area contributed by atoms with Crippen molar-refractivity contribution in [2.45, 2.75) is 17.3 Å². The highest BCUT2D eigenvalue weighted by Crippen LogP contribution is 2.34. The van der Waals surface area contributed by atoms with Crippen molar-refractivity contribution in [3.63, 3.8) is 0 Å². The number of carbonyl (C=O) groups is 1. The fourth-order valence-electron chi connectivity index (χ4n) is 3.54. The van der Waals surface area contributed by atoms with Gasteiger partial charge in [-0.25, -0.2) is 9.97 Å². The van der Waals surface area contributed by atoms with Gasteiger partial charge in [0.05, 0.1) is 22.3 Å². The van der Waals surface area contributed by atoms with Gasteiger partial charge in [0, 0.05) is 27.1 Å². The zero-order chi connectivity index (χ0) is 24.2. The molecule has 174 valence electrons. The number of halogens is 1. The number of imidazole rings is 1. The van der Waals surface area contributed by atoms with Gasteiger partial charge in [0.2, 0.25) is 5.91 Å². The Labute approximate surface area is 216 Å². The van der Waals surface area contributed by atoms with Crippen LogP contribution in [-0.4, -0.2) is 26.1 Å². The number of benzene rings is 3. The van der Waals surface area contributed by atoms with Gasteiger partial charge in [0.1, 0.15) is 0 Å². The van der Waals surface area contributed by atoms with Crippen LogP contribution in [0.15, 0.2) is 95.5 Å². The molecule has 0 saturated carbocycles. The molecule has 1 amide bonds. The maximum Gasteiger partial charge on any atom is 0.239 e. The van der Waals surface area contributed by atoms with Crippen LogP contribution in [0.5, 0.6) is 0 Å². The molecule has 0 aliphatic rings. The molecule has 5 rings (SSSR count). The van der Waals surface area contributed by atoms with Crippen molar-refractivity contribution in [1.29, 1.82) is 0 Å². The van der Waals surface area contributed by atoms with Gasteiger partial charge in [-0.1, -0.05) is 96.2 Å². The summed E-state index contributed by atoms with van der Waals surface area (Å²) in [7, 11) is 0. The lowest BCUT2D eigenvalue weighted by atomic mass is 10.1. The van der Waals surface area contributed by atoms with E-state index in [0.717, 1.165) is 33.8 Å². The third-order valence-electron chi connectivity index (χ3n) is 5.32. The second-order valence-electron chi connectivity index (χ2n) is 7.79. The number of anilines is 1. The molecule has 8 heteroatoms. The fraction of sp³-hybridized carbons (Fsp3) is 0.0741. The first kappa shape index (κ1) is 23.4. The van der Waals surface area contributed by atoms with E-state index in [2.05, 4.69) is 15.3 Å². The number of nitrogens with one attached hydrogen (secondary N) is 2. The molecule has 5 aromatic rings. The summed E-state index contributed by atoms with van der Waals surface area (Å²) in [4.78, 5) is 25.7. The molecule has 5 nitrogen and oxygen atoms in total.